The maximum atomic E-state index is 14.2. The number of hydrogen-bond donors (Lipinski definition) is 1. The Bertz CT molecular complexity index is 1550. The summed E-state index contributed by atoms with van der Waals surface area (Å²) in [6.07, 6.45) is 1.68. The minimum atomic E-state index is -1.01. The molecule has 6 nitrogen and oxygen atoms in total. The summed E-state index contributed by atoms with van der Waals surface area (Å²) in [4.78, 5) is 42.8. The van der Waals surface area contributed by atoms with Gasteiger partial charge < -0.3 is 0 Å². The number of anilines is 1. The van der Waals surface area contributed by atoms with Crippen LogP contribution >= 0.6 is 11.3 Å². The summed E-state index contributed by atoms with van der Waals surface area (Å²) in [5, 5.41) is 6.27. The normalized spacial score (nSPS) is 25.2. The second kappa shape index (κ2) is 8.08. The molecule has 3 aromatic carbocycles. The molecule has 180 valence electrons. The first-order valence-corrected chi connectivity index (χ1v) is 13.0. The van der Waals surface area contributed by atoms with Gasteiger partial charge in [0.15, 0.2) is 0 Å². The fourth-order valence-corrected chi connectivity index (χ4v) is 7.15. The van der Waals surface area contributed by atoms with Crippen LogP contribution in [-0.4, -0.2) is 23.9 Å². The van der Waals surface area contributed by atoms with Gasteiger partial charge in [-0.1, -0.05) is 72.8 Å². The van der Waals surface area contributed by atoms with E-state index >= 15 is 0 Å². The number of thiophene rings is 1. The van der Waals surface area contributed by atoms with Crippen molar-refractivity contribution in [1.82, 2.24) is 5.43 Å². The molecule has 4 aliphatic rings. The number of amides is 3. The largest absolute Gasteiger partial charge is 0.281 e. The molecule has 2 atom stereocenters. The molecule has 2 heterocycles. The molecule has 1 fully saturated rings. The van der Waals surface area contributed by atoms with Crippen LogP contribution in [0.25, 0.3) is 0 Å². The van der Waals surface area contributed by atoms with Crippen LogP contribution in [0.3, 0.4) is 0 Å². The molecular weight excluding hydrogens is 482 g/mol. The van der Waals surface area contributed by atoms with Crippen molar-refractivity contribution in [2.75, 3.05) is 4.90 Å². The zero-order valence-electron chi connectivity index (χ0n) is 19.6. The van der Waals surface area contributed by atoms with Crippen molar-refractivity contribution < 1.29 is 14.4 Å². The maximum absolute atomic E-state index is 14.2. The summed E-state index contributed by atoms with van der Waals surface area (Å²) < 4.78 is 0. The fraction of sp³-hybridized carbons (Fsp3) is 0.133. The van der Waals surface area contributed by atoms with E-state index in [0.29, 0.717) is 10.6 Å². The van der Waals surface area contributed by atoms with Gasteiger partial charge >= 0.3 is 0 Å². The quantitative estimate of drug-likeness (QED) is 0.249. The van der Waals surface area contributed by atoms with Crippen molar-refractivity contribution in [3.8, 4) is 0 Å². The Hall–Kier alpha value is -4.36. The third kappa shape index (κ3) is 2.92. The minimum absolute atomic E-state index is 0.199. The molecule has 1 saturated heterocycles. The average Bonchev–Trinajstić information content (AvgIpc) is 3.57. The summed E-state index contributed by atoms with van der Waals surface area (Å²) in [6, 6.07) is 28.6. The maximum Gasteiger partial charge on any atom is 0.281 e. The predicted molar refractivity (Wildman–Crippen MR) is 142 cm³/mol. The summed E-state index contributed by atoms with van der Waals surface area (Å²) in [5.74, 6) is -2.25. The van der Waals surface area contributed by atoms with Crippen LogP contribution < -0.4 is 10.3 Å². The Morgan fingerprint density at radius 2 is 1.49 bits per heavy atom. The molecule has 0 spiro atoms. The Balaban J connectivity index is 1.44. The number of nitrogens with zero attached hydrogens (tertiary/aromatic N) is 2. The van der Waals surface area contributed by atoms with Crippen molar-refractivity contribution in [3.05, 3.63) is 124 Å². The van der Waals surface area contributed by atoms with Crippen molar-refractivity contribution in [3.63, 3.8) is 0 Å². The van der Waals surface area contributed by atoms with E-state index in [1.807, 2.05) is 78.2 Å². The van der Waals surface area contributed by atoms with E-state index < -0.39 is 17.3 Å². The van der Waals surface area contributed by atoms with Crippen molar-refractivity contribution in [2.45, 2.75) is 11.3 Å². The van der Waals surface area contributed by atoms with Gasteiger partial charge in [-0.3, -0.25) is 14.4 Å². The third-order valence-corrected chi connectivity index (χ3v) is 8.75. The van der Waals surface area contributed by atoms with Crippen LogP contribution in [0, 0.1) is 11.8 Å². The molecule has 37 heavy (non-hydrogen) atoms. The number of imide groups is 1. The van der Waals surface area contributed by atoms with E-state index in [0.717, 1.165) is 22.3 Å². The predicted octanol–water partition coefficient (Wildman–Crippen LogP) is 4.71. The summed E-state index contributed by atoms with van der Waals surface area (Å²) in [7, 11) is 0. The van der Waals surface area contributed by atoms with Crippen LogP contribution in [0.5, 0.6) is 0 Å². The van der Waals surface area contributed by atoms with Gasteiger partial charge in [-0.2, -0.15) is 5.10 Å². The lowest BCUT2D eigenvalue weighted by molar-refractivity contribution is -0.122. The standard InChI is InChI=1S/C30H21N3O3S/c34-27(23-15-8-16-37-23)32-31-17-30-21-13-6-4-11-19(21)24(20-12-5-7-14-22(20)30)25-26(30)29(36)33(28(25)35)18-9-2-1-3-10-18/h1-17,24-26H,(H,32,34)/b31-17-/t24?,25-,26-,30?/m1/s1. The number of carbonyl (C=O) groups is 3. The number of nitrogens with one attached hydrogen (secondary N) is 1. The number of rotatable bonds is 4. The molecule has 3 aliphatic carbocycles. The topological polar surface area (TPSA) is 78.8 Å². The first-order chi connectivity index (χ1) is 18.1. The Kier molecular flexibility index (Phi) is 4.78. The van der Waals surface area contributed by atoms with Gasteiger partial charge in [0.2, 0.25) is 11.8 Å². The van der Waals surface area contributed by atoms with Crippen molar-refractivity contribution in [2.24, 2.45) is 16.9 Å². The molecule has 0 radical (unpaired) electrons. The van der Waals surface area contributed by atoms with Gasteiger partial charge in [0.05, 0.1) is 27.8 Å². The molecule has 2 bridgehead atoms. The number of benzene rings is 3. The molecule has 0 unspecified atom stereocenters. The molecule has 1 aliphatic heterocycles. The molecule has 0 saturated carbocycles. The van der Waals surface area contributed by atoms with Crippen LogP contribution in [0.1, 0.15) is 37.8 Å². The van der Waals surface area contributed by atoms with E-state index in [9.17, 15) is 14.4 Å². The summed E-state index contributed by atoms with van der Waals surface area (Å²) in [6.45, 7) is 0. The van der Waals surface area contributed by atoms with Gasteiger partial charge in [-0.05, 0) is 45.8 Å². The highest BCUT2D eigenvalue weighted by atomic mass is 32.1. The van der Waals surface area contributed by atoms with E-state index in [1.165, 1.54) is 16.2 Å². The highest BCUT2D eigenvalue weighted by molar-refractivity contribution is 7.12. The second-order valence-electron chi connectivity index (χ2n) is 9.55. The van der Waals surface area contributed by atoms with Gasteiger partial charge in [0, 0.05) is 12.1 Å². The van der Waals surface area contributed by atoms with Crippen LogP contribution in [-0.2, 0) is 15.0 Å². The number of hydrazone groups is 1. The fourth-order valence-electron chi connectivity index (χ4n) is 6.54. The van der Waals surface area contributed by atoms with Gasteiger partial charge in [0.1, 0.15) is 0 Å². The summed E-state index contributed by atoms with van der Waals surface area (Å²) in [5.41, 5.74) is 6.15. The van der Waals surface area contributed by atoms with Crippen LogP contribution in [0.2, 0.25) is 0 Å². The zero-order chi connectivity index (χ0) is 25.1. The van der Waals surface area contributed by atoms with Crippen LogP contribution in [0.15, 0.2) is 101 Å². The molecule has 1 aromatic heterocycles. The lowest BCUT2D eigenvalue weighted by Gasteiger charge is -2.52. The monoisotopic (exact) mass is 503 g/mol. The second-order valence-corrected chi connectivity index (χ2v) is 10.5. The molecule has 4 aromatic rings. The van der Waals surface area contributed by atoms with E-state index in [1.54, 1.807) is 24.4 Å². The van der Waals surface area contributed by atoms with Gasteiger partial charge in [-0.15, -0.1) is 11.3 Å². The Morgan fingerprint density at radius 3 is 2.14 bits per heavy atom. The smallest absolute Gasteiger partial charge is 0.274 e. The van der Waals surface area contributed by atoms with Crippen molar-refractivity contribution in [1.29, 1.82) is 0 Å². The highest BCUT2D eigenvalue weighted by Gasteiger charge is 2.68. The van der Waals surface area contributed by atoms with Crippen LogP contribution in [0.4, 0.5) is 5.69 Å². The number of carbonyl (C=O) groups excluding carboxylic acids is 3. The number of hydrogen-bond acceptors (Lipinski definition) is 5. The molecule has 8 rings (SSSR count). The lowest BCUT2D eigenvalue weighted by Crippen LogP contribution is -2.54. The van der Waals surface area contributed by atoms with E-state index in [2.05, 4.69) is 10.5 Å². The van der Waals surface area contributed by atoms with Crippen molar-refractivity contribution >= 4 is 41.0 Å². The average molecular weight is 504 g/mol. The minimum Gasteiger partial charge on any atom is -0.274 e. The zero-order valence-corrected chi connectivity index (χ0v) is 20.4. The van der Waals surface area contributed by atoms with Gasteiger partial charge in [0.25, 0.3) is 5.91 Å². The van der Waals surface area contributed by atoms with E-state index in [4.69, 9.17) is 0 Å². The lowest BCUT2D eigenvalue weighted by atomic mass is 9.47. The molecule has 7 heteroatoms. The Morgan fingerprint density at radius 1 is 0.838 bits per heavy atom. The summed E-state index contributed by atoms with van der Waals surface area (Å²) >= 11 is 1.33. The molecule has 1 N–H and O–H groups in total. The first kappa shape index (κ1) is 21.9. The van der Waals surface area contributed by atoms with E-state index in [-0.39, 0.29) is 23.6 Å². The Labute approximate surface area is 217 Å². The SMILES string of the molecule is O=C(N/N=C\C12c3ccccc3C(c3ccccc31)[C@H]1C(=O)N(c3ccccc3)C(=O)[C@@H]12)c1cccs1. The highest BCUT2D eigenvalue weighted by Crippen LogP contribution is 2.63. The van der Waals surface area contributed by atoms with Gasteiger partial charge in [-0.25, -0.2) is 10.3 Å². The number of para-hydroxylation sites is 1. The molecule has 3 amide bonds. The molecular formula is C30H21N3O3S. The first-order valence-electron chi connectivity index (χ1n) is 12.1. The third-order valence-electron chi connectivity index (χ3n) is 7.88.